The second-order valence-corrected chi connectivity index (χ2v) is 2.99. The van der Waals surface area contributed by atoms with Crippen LogP contribution in [-0.4, -0.2) is 26.5 Å². The van der Waals surface area contributed by atoms with Crippen LogP contribution in [0.2, 0.25) is 0 Å². The minimum atomic E-state index is -0.151. The van der Waals surface area contributed by atoms with Gasteiger partial charge in [-0.2, -0.15) is 5.10 Å². The van der Waals surface area contributed by atoms with Crippen molar-refractivity contribution in [2.45, 2.75) is 32.2 Å². The third-order valence-corrected chi connectivity index (χ3v) is 1.93. The number of unbranched alkanes of at least 4 members (excludes halogenated alkanes) is 3. The summed E-state index contributed by atoms with van der Waals surface area (Å²) in [6, 6.07) is 0. The van der Waals surface area contributed by atoms with E-state index in [1.165, 1.54) is 6.33 Å². The summed E-state index contributed by atoms with van der Waals surface area (Å²) in [7, 11) is 0. The molecule has 0 aliphatic rings. The summed E-state index contributed by atoms with van der Waals surface area (Å²) in [4.78, 5) is 10.9. The first-order valence-corrected chi connectivity index (χ1v) is 4.55. The molecular weight excluding hydrogens is 170 g/mol. The van der Waals surface area contributed by atoms with Crippen LogP contribution in [0.1, 0.15) is 25.7 Å². The lowest BCUT2D eigenvalue weighted by Crippen LogP contribution is -2.16. The van der Waals surface area contributed by atoms with Gasteiger partial charge in [0.05, 0.1) is 0 Å². The quantitative estimate of drug-likeness (QED) is 0.618. The first kappa shape index (κ1) is 9.98. The van der Waals surface area contributed by atoms with E-state index in [-0.39, 0.29) is 12.3 Å². The van der Waals surface area contributed by atoms with E-state index in [4.69, 9.17) is 5.11 Å². The molecule has 0 saturated carbocycles. The van der Waals surface area contributed by atoms with Gasteiger partial charge in [0.1, 0.15) is 6.33 Å². The topological polar surface area (TPSA) is 70.9 Å². The van der Waals surface area contributed by atoms with Crippen molar-refractivity contribution in [2.75, 3.05) is 6.61 Å². The summed E-state index contributed by atoms with van der Waals surface area (Å²) < 4.78 is 1.55. The van der Waals surface area contributed by atoms with Gasteiger partial charge in [0.15, 0.2) is 0 Å². The maximum absolute atomic E-state index is 10.9. The number of aromatic amines is 1. The summed E-state index contributed by atoms with van der Waals surface area (Å²) in [5.74, 6) is 0. The van der Waals surface area contributed by atoms with Gasteiger partial charge in [0, 0.05) is 13.2 Å². The predicted octanol–water partition coefficient (Wildman–Crippen LogP) is 0.124. The molecule has 0 amide bonds. The van der Waals surface area contributed by atoms with Crippen LogP contribution in [0.25, 0.3) is 0 Å². The molecule has 5 heteroatoms. The molecule has 0 aliphatic carbocycles. The van der Waals surface area contributed by atoms with E-state index in [1.807, 2.05) is 0 Å². The van der Waals surface area contributed by atoms with E-state index in [1.54, 1.807) is 4.57 Å². The van der Waals surface area contributed by atoms with Gasteiger partial charge in [-0.15, -0.1) is 0 Å². The molecule has 74 valence electrons. The Balaban J connectivity index is 2.13. The van der Waals surface area contributed by atoms with E-state index >= 15 is 0 Å². The zero-order valence-corrected chi connectivity index (χ0v) is 7.57. The molecule has 0 spiro atoms. The molecule has 1 aromatic heterocycles. The van der Waals surface area contributed by atoms with Crippen molar-refractivity contribution >= 4 is 0 Å². The molecule has 0 aliphatic heterocycles. The standard InChI is InChI=1S/C8H15N3O2/c12-6-4-2-1-3-5-11-7-9-10-8(11)13/h7,12H,1-6H2,(H,10,13). The molecule has 5 nitrogen and oxygen atoms in total. The minimum Gasteiger partial charge on any atom is -0.396 e. The molecule has 1 rings (SSSR count). The summed E-state index contributed by atoms with van der Waals surface area (Å²) in [5.41, 5.74) is -0.151. The van der Waals surface area contributed by atoms with Gasteiger partial charge in [-0.05, 0) is 12.8 Å². The largest absolute Gasteiger partial charge is 0.396 e. The van der Waals surface area contributed by atoms with Crippen LogP contribution in [0.3, 0.4) is 0 Å². The van der Waals surface area contributed by atoms with Gasteiger partial charge >= 0.3 is 5.69 Å². The van der Waals surface area contributed by atoms with Crippen molar-refractivity contribution < 1.29 is 5.11 Å². The Kier molecular flexibility index (Phi) is 4.25. The van der Waals surface area contributed by atoms with Crippen LogP contribution in [-0.2, 0) is 6.54 Å². The van der Waals surface area contributed by atoms with Crippen molar-refractivity contribution in [1.29, 1.82) is 0 Å². The molecule has 0 unspecified atom stereocenters. The van der Waals surface area contributed by atoms with Crippen molar-refractivity contribution in [3.05, 3.63) is 16.8 Å². The monoisotopic (exact) mass is 185 g/mol. The van der Waals surface area contributed by atoms with E-state index in [9.17, 15) is 4.79 Å². The second kappa shape index (κ2) is 5.53. The molecule has 0 saturated heterocycles. The van der Waals surface area contributed by atoms with Crippen LogP contribution in [0, 0.1) is 0 Å². The molecule has 1 heterocycles. The number of aromatic nitrogens is 3. The van der Waals surface area contributed by atoms with E-state index in [2.05, 4.69) is 10.2 Å². The van der Waals surface area contributed by atoms with Gasteiger partial charge in [-0.25, -0.2) is 9.89 Å². The van der Waals surface area contributed by atoms with E-state index in [0.717, 1.165) is 25.7 Å². The van der Waals surface area contributed by atoms with Crippen molar-refractivity contribution in [3.63, 3.8) is 0 Å². The zero-order valence-electron chi connectivity index (χ0n) is 7.57. The summed E-state index contributed by atoms with van der Waals surface area (Å²) in [6.07, 6.45) is 5.37. The van der Waals surface area contributed by atoms with Crippen molar-refractivity contribution in [1.82, 2.24) is 14.8 Å². The summed E-state index contributed by atoms with van der Waals surface area (Å²) in [5, 5.41) is 14.5. The molecule has 0 radical (unpaired) electrons. The van der Waals surface area contributed by atoms with Crippen molar-refractivity contribution in [3.8, 4) is 0 Å². The van der Waals surface area contributed by atoms with Crippen LogP contribution in [0.5, 0.6) is 0 Å². The van der Waals surface area contributed by atoms with Crippen LogP contribution >= 0.6 is 0 Å². The maximum Gasteiger partial charge on any atom is 0.343 e. The average Bonchev–Trinajstić information content (AvgIpc) is 2.52. The van der Waals surface area contributed by atoms with Crippen LogP contribution < -0.4 is 5.69 Å². The van der Waals surface area contributed by atoms with Gasteiger partial charge in [-0.1, -0.05) is 12.8 Å². The lowest BCUT2D eigenvalue weighted by molar-refractivity contribution is 0.282. The number of hydrogen-bond donors (Lipinski definition) is 2. The second-order valence-electron chi connectivity index (χ2n) is 2.99. The number of aliphatic hydroxyl groups excluding tert-OH is 1. The molecule has 0 bridgehead atoms. The van der Waals surface area contributed by atoms with Crippen molar-refractivity contribution in [2.24, 2.45) is 0 Å². The van der Waals surface area contributed by atoms with Crippen LogP contribution in [0.15, 0.2) is 11.1 Å². The van der Waals surface area contributed by atoms with Gasteiger partial charge in [0.2, 0.25) is 0 Å². The Morgan fingerprint density at radius 3 is 2.77 bits per heavy atom. The fraction of sp³-hybridized carbons (Fsp3) is 0.750. The third-order valence-electron chi connectivity index (χ3n) is 1.93. The highest BCUT2D eigenvalue weighted by Crippen LogP contribution is 1.99. The fourth-order valence-corrected chi connectivity index (χ4v) is 1.18. The predicted molar refractivity (Wildman–Crippen MR) is 48.4 cm³/mol. The van der Waals surface area contributed by atoms with Gasteiger partial charge in [-0.3, -0.25) is 4.57 Å². The Hall–Kier alpha value is -1.10. The average molecular weight is 185 g/mol. The van der Waals surface area contributed by atoms with E-state index < -0.39 is 0 Å². The fourth-order valence-electron chi connectivity index (χ4n) is 1.18. The number of H-pyrrole nitrogens is 1. The molecular formula is C8H15N3O2. The minimum absolute atomic E-state index is 0.151. The highest BCUT2D eigenvalue weighted by molar-refractivity contribution is 4.62. The third kappa shape index (κ3) is 3.42. The molecule has 1 aromatic rings. The number of aliphatic hydroxyl groups is 1. The number of nitrogens with zero attached hydrogens (tertiary/aromatic N) is 2. The molecule has 0 aromatic carbocycles. The number of aryl methyl sites for hydroxylation is 1. The number of hydrogen-bond acceptors (Lipinski definition) is 3. The molecule has 2 N–H and O–H groups in total. The van der Waals surface area contributed by atoms with Crippen LogP contribution in [0.4, 0.5) is 0 Å². The number of rotatable bonds is 6. The smallest absolute Gasteiger partial charge is 0.343 e. The highest BCUT2D eigenvalue weighted by atomic mass is 16.2. The lowest BCUT2D eigenvalue weighted by atomic mass is 10.2. The number of nitrogens with one attached hydrogen (secondary N) is 1. The molecule has 0 atom stereocenters. The molecule has 13 heavy (non-hydrogen) atoms. The Labute approximate surface area is 76.4 Å². The highest BCUT2D eigenvalue weighted by Gasteiger charge is 1.95. The summed E-state index contributed by atoms with van der Waals surface area (Å²) >= 11 is 0. The normalized spacial score (nSPS) is 10.5. The Morgan fingerprint density at radius 2 is 2.15 bits per heavy atom. The first-order valence-electron chi connectivity index (χ1n) is 4.55. The first-order chi connectivity index (χ1) is 6.34. The van der Waals surface area contributed by atoms with E-state index in [0.29, 0.717) is 6.54 Å². The van der Waals surface area contributed by atoms with Gasteiger partial charge in [0.25, 0.3) is 0 Å². The zero-order chi connectivity index (χ0) is 9.52. The van der Waals surface area contributed by atoms with Gasteiger partial charge < -0.3 is 5.11 Å². The lowest BCUT2D eigenvalue weighted by Gasteiger charge is -1.99. The maximum atomic E-state index is 10.9. The Bertz CT molecular complexity index is 279. The summed E-state index contributed by atoms with van der Waals surface area (Å²) in [6.45, 7) is 0.965. The SMILES string of the molecule is O=c1[nH]ncn1CCCCCCO. The Morgan fingerprint density at radius 1 is 1.38 bits per heavy atom. The molecule has 0 fully saturated rings.